The third-order valence-electron chi connectivity index (χ3n) is 2.35. The van der Waals surface area contributed by atoms with Crippen LogP contribution in [0.15, 0.2) is 16.7 Å². The Labute approximate surface area is 109 Å². The fourth-order valence-corrected chi connectivity index (χ4v) is 1.68. The van der Waals surface area contributed by atoms with E-state index in [4.69, 9.17) is 5.11 Å². The number of nitrogens with one attached hydrogen (secondary N) is 2. The molecule has 1 aromatic heterocycles. The molecule has 3 N–H and O–H groups in total. The second-order valence-corrected chi connectivity index (χ2v) is 4.47. The highest BCUT2D eigenvalue weighted by atomic mass is 79.9. The minimum atomic E-state index is -0.335. The summed E-state index contributed by atoms with van der Waals surface area (Å²) >= 11 is 3.25. The van der Waals surface area contributed by atoms with Gasteiger partial charge in [0.15, 0.2) is 0 Å². The molecule has 5 nitrogen and oxygen atoms in total. The van der Waals surface area contributed by atoms with Crippen LogP contribution in [-0.4, -0.2) is 28.8 Å². The number of hydrogen-bond donors (Lipinski definition) is 3. The molecule has 1 atom stereocenters. The third-order valence-corrected chi connectivity index (χ3v) is 2.79. The molecule has 0 radical (unpaired) electrons. The summed E-state index contributed by atoms with van der Waals surface area (Å²) in [5, 5.41) is 14.3. The van der Waals surface area contributed by atoms with Crippen molar-refractivity contribution in [3.05, 3.63) is 22.4 Å². The van der Waals surface area contributed by atoms with Crippen molar-refractivity contribution in [2.24, 2.45) is 0 Å². The normalized spacial score (nSPS) is 12.0. The van der Waals surface area contributed by atoms with E-state index in [0.717, 1.165) is 10.3 Å². The quantitative estimate of drug-likeness (QED) is 0.745. The van der Waals surface area contributed by atoms with E-state index in [-0.39, 0.29) is 18.7 Å². The maximum atomic E-state index is 11.6. The van der Waals surface area contributed by atoms with E-state index in [1.807, 2.05) is 13.8 Å². The van der Waals surface area contributed by atoms with E-state index in [1.165, 1.54) is 0 Å². The van der Waals surface area contributed by atoms with Crippen molar-refractivity contribution in [1.29, 1.82) is 0 Å². The lowest BCUT2D eigenvalue weighted by Crippen LogP contribution is -2.39. The minimum absolute atomic E-state index is 0.0680. The number of carbonyl (C=O) groups is 1. The molecule has 6 heteroatoms. The van der Waals surface area contributed by atoms with Crippen LogP contribution in [0.2, 0.25) is 0 Å². The van der Waals surface area contributed by atoms with Crippen molar-refractivity contribution < 1.29 is 9.90 Å². The first-order valence-corrected chi connectivity index (χ1v) is 6.17. The molecule has 0 saturated carbocycles. The van der Waals surface area contributed by atoms with Gasteiger partial charge in [0, 0.05) is 0 Å². The first-order chi connectivity index (χ1) is 8.06. The van der Waals surface area contributed by atoms with Crippen molar-refractivity contribution >= 4 is 27.6 Å². The van der Waals surface area contributed by atoms with Gasteiger partial charge >= 0.3 is 6.03 Å². The second kappa shape index (κ2) is 6.56. The summed E-state index contributed by atoms with van der Waals surface area (Å²) in [5.41, 5.74) is 1.38. The Morgan fingerprint density at radius 2 is 2.29 bits per heavy atom. The minimum Gasteiger partial charge on any atom is -0.394 e. The molecular formula is C11H16BrN3O2. The first kappa shape index (κ1) is 13.9. The molecule has 0 aliphatic rings. The Bertz CT molecular complexity index is 394. The van der Waals surface area contributed by atoms with Crippen LogP contribution in [0.25, 0.3) is 0 Å². The molecule has 1 aromatic rings. The van der Waals surface area contributed by atoms with Crippen LogP contribution in [0.1, 0.15) is 19.0 Å². The van der Waals surface area contributed by atoms with Gasteiger partial charge in [-0.2, -0.15) is 0 Å². The average molecular weight is 302 g/mol. The van der Waals surface area contributed by atoms with Crippen molar-refractivity contribution in [2.45, 2.75) is 26.3 Å². The molecule has 0 aliphatic heterocycles. The second-order valence-electron chi connectivity index (χ2n) is 3.65. The number of anilines is 1. The number of aliphatic hydroxyl groups is 1. The smallest absolute Gasteiger partial charge is 0.319 e. The molecule has 0 fully saturated rings. The predicted molar refractivity (Wildman–Crippen MR) is 70.0 cm³/mol. The zero-order valence-electron chi connectivity index (χ0n) is 9.83. The lowest BCUT2D eigenvalue weighted by molar-refractivity contribution is 0.222. The highest BCUT2D eigenvalue weighted by Gasteiger charge is 2.10. The molecule has 1 unspecified atom stereocenters. The summed E-state index contributed by atoms with van der Waals surface area (Å²) < 4.78 is 0.725. The number of pyridine rings is 1. The molecule has 1 heterocycles. The van der Waals surface area contributed by atoms with Crippen molar-refractivity contribution in [3.8, 4) is 0 Å². The Kier molecular flexibility index (Phi) is 5.37. The summed E-state index contributed by atoms with van der Waals surface area (Å²) in [6.07, 6.45) is 0.682. The number of urea groups is 1. The molecule has 0 saturated heterocycles. The number of hydrogen-bond acceptors (Lipinski definition) is 3. The van der Waals surface area contributed by atoms with Crippen LogP contribution < -0.4 is 10.6 Å². The number of rotatable bonds is 4. The molecule has 94 valence electrons. The van der Waals surface area contributed by atoms with Gasteiger partial charge in [-0.1, -0.05) is 6.92 Å². The van der Waals surface area contributed by atoms with Crippen LogP contribution in [0, 0.1) is 6.92 Å². The number of aryl methyl sites for hydroxylation is 1. The number of amides is 2. The van der Waals surface area contributed by atoms with Gasteiger partial charge in [-0.05, 0) is 41.4 Å². The molecule has 1 rings (SSSR count). The predicted octanol–water partition coefficient (Wildman–Crippen LogP) is 2.04. The SMILES string of the molecule is CCC(CO)NC(=O)Nc1ccc(Br)nc1C. The topological polar surface area (TPSA) is 74.2 Å². The maximum absolute atomic E-state index is 11.6. The number of aliphatic hydroxyl groups excluding tert-OH is 1. The van der Waals surface area contributed by atoms with Gasteiger partial charge in [0.2, 0.25) is 0 Å². The van der Waals surface area contributed by atoms with Crippen molar-refractivity contribution in [3.63, 3.8) is 0 Å². The van der Waals surface area contributed by atoms with Crippen LogP contribution in [-0.2, 0) is 0 Å². The third kappa shape index (κ3) is 4.32. The first-order valence-electron chi connectivity index (χ1n) is 5.38. The fourth-order valence-electron chi connectivity index (χ4n) is 1.28. The van der Waals surface area contributed by atoms with E-state index in [2.05, 4.69) is 31.5 Å². The van der Waals surface area contributed by atoms with Gasteiger partial charge in [0.25, 0.3) is 0 Å². The van der Waals surface area contributed by atoms with Gasteiger partial charge in [-0.25, -0.2) is 9.78 Å². The fraction of sp³-hybridized carbons (Fsp3) is 0.455. The molecule has 0 spiro atoms. The van der Waals surface area contributed by atoms with Crippen LogP contribution in [0.5, 0.6) is 0 Å². The summed E-state index contributed by atoms with van der Waals surface area (Å²) in [4.78, 5) is 15.8. The zero-order chi connectivity index (χ0) is 12.8. The Hall–Kier alpha value is -1.14. The largest absolute Gasteiger partial charge is 0.394 e. The van der Waals surface area contributed by atoms with E-state index < -0.39 is 0 Å². The molecule has 0 aliphatic carbocycles. The lowest BCUT2D eigenvalue weighted by Gasteiger charge is -2.15. The lowest BCUT2D eigenvalue weighted by atomic mass is 10.2. The van der Waals surface area contributed by atoms with Gasteiger partial charge in [-0.15, -0.1) is 0 Å². The van der Waals surface area contributed by atoms with Crippen molar-refractivity contribution in [2.75, 3.05) is 11.9 Å². The molecular weight excluding hydrogens is 286 g/mol. The molecule has 17 heavy (non-hydrogen) atoms. The molecule has 2 amide bonds. The number of nitrogens with zero attached hydrogens (tertiary/aromatic N) is 1. The standard InChI is InChI=1S/C11H16BrN3O2/c1-3-8(6-16)14-11(17)15-9-4-5-10(12)13-7(9)2/h4-5,8,16H,3,6H2,1-2H3,(H2,14,15,17). The number of halogens is 1. The highest BCUT2D eigenvalue weighted by Crippen LogP contribution is 2.15. The molecule has 0 bridgehead atoms. The average Bonchev–Trinajstić information content (AvgIpc) is 2.29. The van der Waals surface area contributed by atoms with E-state index >= 15 is 0 Å². The van der Waals surface area contributed by atoms with Gasteiger partial charge in [0.1, 0.15) is 4.60 Å². The Balaban J connectivity index is 2.62. The maximum Gasteiger partial charge on any atom is 0.319 e. The monoisotopic (exact) mass is 301 g/mol. The summed E-state index contributed by atoms with van der Waals surface area (Å²) in [6, 6.07) is 2.97. The number of carbonyl (C=O) groups excluding carboxylic acids is 1. The summed E-state index contributed by atoms with van der Waals surface area (Å²) in [5.74, 6) is 0. The van der Waals surface area contributed by atoms with E-state index in [0.29, 0.717) is 12.1 Å². The van der Waals surface area contributed by atoms with E-state index in [1.54, 1.807) is 12.1 Å². The van der Waals surface area contributed by atoms with Crippen LogP contribution >= 0.6 is 15.9 Å². The molecule has 0 aromatic carbocycles. The Morgan fingerprint density at radius 1 is 1.59 bits per heavy atom. The van der Waals surface area contributed by atoms with E-state index in [9.17, 15) is 4.79 Å². The summed E-state index contributed by atoms with van der Waals surface area (Å²) in [6.45, 7) is 3.64. The van der Waals surface area contributed by atoms with Gasteiger partial charge < -0.3 is 15.7 Å². The van der Waals surface area contributed by atoms with Gasteiger partial charge in [-0.3, -0.25) is 0 Å². The van der Waals surface area contributed by atoms with Crippen LogP contribution in [0.3, 0.4) is 0 Å². The van der Waals surface area contributed by atoms with Gasteiger partial charge in [0.05, 0.1) is 24.0 Å². The number of aromatic nitrogens is 1. The van der Waals surface area contributed by atoms with Crippen LogP contribution in [0.4, 0.5) is 10.5 Å². The van der Waals surface area contributed by atoms with Crippen molar-refractivity contribution in [1.82, 2.24) is 10.3 Å². The summed E-state index contributed by atoms with van der Waals surface area (Å²) in [7, 11) is 0. The Morgan fingerprint density at radius 3 is 2.82 bits per heavy atom. The highest BCUT2D eigenvalue weighted by molar-refractivity contribution is 9.10. The zero-order valence-corrected chi connectivity index (χ0v) is 11.4.